The number of carbonyl (C=O) groups is 3. The number of nitrogens with one attached hydrogen (secondary N) is 3. The molecule has 41 heavy (non-hydrogen) atoms. The Morgan fingerprint density at radius 2 is 1.78 bits per heavy atom. The molecule has 0 bridgehead atoms. The molecular weight excluding hydrogens is 554 g/mol. The molecule has 11 nitrogen and oxygen atoms in total. The van der Waals surface area contributed by atoms with Gasteiger partial charge in [-0.3, -0.25) is 14.9 Å². The van der Waals surface area contributed by atoms with Crippen molar-refractivity contribution in [3.05, 3.63) is 77.1 Å². The van der Waals surface area contributed by atoms with Crippen LogP contribution in [0.1, 0.15) is 21.5 Å². The summed E-state index contributed by atoms with van der Waals surface area (Å²) in [5.41, 5.74) is 4.70. The first-order valence-corrected chi connectivity index (χ1v) is 11.6. The lowest BCUT2D eigenvalue weighted by molar-refractivity contribution is -0.137. The van der Waals surface area contributed by atoms with E-state index in [1.807, 2.05) is 0 Å². The molecule has 0 saturated carbocycles. The van der Waals surface area contributed by atoms with E-state index in [0.29, 0.717) is 12.1 Å². The molecule has 0 spiro atoms. The predicted octanol–water partition coefficient (Wildman–Crippen LogP) is 4.54. The predicted molar refractivity (Wildman–Crippen MR) is 139 cm³/mol. The van der Waals surface area contributed by atoms with Crippen LogP contribution in [0.5, 0.6) is 17.2 Å². The Morgan fingerprint density at radius 3 is 2.44 bits per heavy atom. The molecule has 3 amide bonds. The third kappa shape index (κ3) is 8.58. The summed E-state index contributed by atoms with van der Waals surface area (Å²) < 4.78 is 64.8. The van der Waals surface area contributed by atoms with Gasteiger partial charge in [0.1, 0.15) is 35.4 Å². The van der Waals surface area contributed by atoms with Crippen LogP contribution in [0.15, 0.2) is 59.6 Å². The van der Waals surface area contributed by atoms with Crippen LogP contribution in [0.25, 0.3) is 0 Å². The number of benzene rings is 3. The number of nitrogens with two attached hydrogens (primary N) is 1. The lowest BCUT2D eigenvalue weighted by Gasteiger charge is -2.16. The Balaban J connectivity index is 1.94. The highest BCUT2D eigenvalue weighted by molar-refractivity contribution is 6.06. The van der Waals surface area contributed by atoms with Crippen molar-refractivity contribution in [2.45, 2.75) is 13.1 Å². The molecule has 0 radical (unpaired) electrons. The molecule has 0 heterocycles. The van der Waals surface area contributed by atoms with E-state index in [1.165, 1.54) is 31.2 Å². The molecule has 0 aromatic heterocycles. The van der Waals surface area contributed by atoms with Crippen molar-refractivity contribution >= 4 is 35.7 Å². The van der Waals surface area contributed by atoms with Crippen LogP contribution < -0.4 is 31.2 Å². The fraction of sp³-hybridized carbons (Fsp3) is 0.154. The number of aryl methyl sites for hydroxylation is 1. The van der Waals surface area contributed by atoms with Crippen LogP contribution >= 0.6 is 0 Å². The van der Waals surface area contributed by atoms with Crippen molar-refractivity contribution in [3.63, 3.8) is 0 Å². The minimum Gasteiger partial charge on any atom is -0.489 e. The van der Waals surface area contributed by atoms with Gasteiger partial charge in [0.25, 0.3) is 5.91 Å². The van der Waals surface area contributed by atoms with E-state index < -0.39 is 35.3 Å². The number of amides is 3. The van der Waals surface area contributed by atoms with Crippen molar-refractivity contribution in [3.8, 4) is 17.2 Å². The fourth-order valence-electron chi connectivity index (χ4n) is 3.36. The number of halogens is 4. The van der Waals surface area contributed by atoms with Crippen molar-refractivity contribution < 1.29 is 46.5 Å². The molecule has 0 saturated heterocycles. The zero-order chi connectivity index (χ0) is 30.2. The fourth-order valence-corrected chi connectivity index (χ4v) is 3.36. The topological polar surface area (TPSA) is 164 Å². The summed E-state index contributed by atoms with van der Waals surface area (Å²) in [5, 5.41) is 15.4. The first-order valence-electron chi connectivity index (χ1n) is 11.6. The standard InChI is InChI=1S/C26H23F4N5O6/c1-14-10-16(27)3-6-20(14)41-22-11-15(26(28,29)30)2-5-18(22)23(37)34-17-4-7-21(40-9-8-32-25(38)39)19(12-17)35-24(31)33-13-36/h2-7,10-13,32H,8-9H2,1H3,(H,34,37)(H,38,39)(H3,31,33,35,36). The van der Waals surface area contributed by atoms with Crippen molar-refractivity contribution in [1.29, 1.82) is 0 Å². The quantitative estimate of drug-likeness (QED) is 0.0776. The van der Waals surface area contributed by atoms with Gasteiger partial charge in [-0.1, -0.05) is 0 Å². The highest BCUT2D eigenvalue weighted by Crippen LogP contribution is 2.37. The molecule has 3 rings (SSSR count). The molecule has 3 aromatic rings. The van der Waals surface area contributed by atoms with Crippen LogP contribution in [-0.4, -0.2) is 42.6 Å². The van der Waals surface area contributed by atoms with Gasteiger partial charge in [-0.05, 0) is 67.1 Å². The summed E-state index contributed by atoms with van der Waals surface area (Å²) in [6.45, 7) is 1.32. The van der Waals surface area contributed by atoms with E-state index in [4.69, 9.17) is 20.3 Å². The average Bonchev–Trinajstić information content (AvgIpc) is 2.88. The van der Waals surface area contributed by atoms with Crippen LogP contribution in [0.2, 0.25) is 0 Å². The van der Waals surface area contributed by atoms with Crippen molar-refractivity contribution in [2.75, 3.05) is 18.5 Å². The SMILES string of the molecule is Cc1cc(F)ccc1Oc1cc(C(F)(F)F)ccc1C(=O)Nc1ccc(OCCNC(=O)O)c(N=C(N)NC=O)c1. The Bertz CT molecular complexity index is 1480. The van der Waals surface area contributed by atoms with E-state index in [2.05, 4.69) is 20.9 Å². The largest absolute Gasteiger partial charge is 0.489 e. The van der Waals surface area contributed by atoms with Crippen LogP contribution in [0.3, 0.4) is 0 Å². The maximum Gasteiger partial charge on any atom is 0.416 e. The van der Waals surface area contributed by atoms with Gasteiger partial charge >= 0.3 is 12.3 Å². The second kappa shape index (κ2) is 13.1. The Morgan fingerprint density at radius 1 is 1.05 bits per heavy atom. The number of nitrogens with zero attached hydrogens (tertiary/aromatic N) is 1. The maximum absolute atomic E-state index is 13.5. The zero-order valence-corrected chi connectivity index (χ0v) is 21.2. The summed E-state index contributed by atoms with van der Waals surface area (Å²) in [4.78, 5) is 38.5. The van der Waals surface area contributed by atoms with Gasteiger partial charge in [-0.25, -0.2) is 14.2 Å². The molecule has 3 aromatic carbocycles. The molecule has 0 unspecified atom stereocenters. The normalized spacial score (nSPS) is 11.4. The summed E-state index contributed by atoms with van der Waals surface area (Å²) in [6.07, 6.45) is -5.72. The average molecular weight is 577 g/mol. The molecular formula is C26H23F4N5O6. The smallest absolute Gasteiger partial charge is 0.416 e. The second-order valence-electron chi connectivity index (χ2n) is 8.20. The molecule has 216 valence electrons. The van der Waals surface area contributed by atoms with Gasteiger partial charge in [-0.15, -0.1) is 0 Å². The molecule has 0 atom stereocenters. The van der Waals surface area contributed by atoms with Gasteiger partial charge in [-0.2, -0.15) is 13.2 Å². The minimum absolute atomic E-state index is 0.0239. The monoisotopic (exact) mass is 577 g/mol. The minimum atomic E-state index is -4.73. The number of carbonyl (C=O) groups excluding carboxylic acids is 2. The number of hydrogen-bond donors (Lipinski definition) is 5. The number of hydrogen-bond acceptors (Lipinski definition) is 6. The highest BCUT2D eigenvalue weighted by atomic mass is 19.4. The molecule has 0 aliphatic heterocycles. The lowest BCUT2D eigenvalue weighted by atomic mass is 10.1. The van der Waals surface area contributed by atoms with E-state index in [0.717, 1.165) is 18.2 Å². The summed E-state index contributed by atoms with van der Waals surface area (Å²) >= 11 is 0. The number of guanidine groups is 1. The maximum atomic E-state index is 13.5. The second-order valence-corrected chi connectivity index (χ2v) is 8.20. The number of carboxylic acid groups (broad SMARTS) is 1. The summed E-state index contributed by atoms with van der Waals surface area (Å²) in [6, 6.07) is 9.76. The van der Waals surface area contributed by atoms with Gasteiger partial charge in [0.15, 0.2) is 5.96 Å². The number of alkyl halides is 3. The number of rotatable bonds is 10. The Labute approximate surface area is 230 Å². The van der Waals surface area contributed by atoms with Gasteiger partial charge in [0.2, 0.25) is 6.41 Å². The van der Waals surface area contributed by atoms with Gasteiger partial charge in [0, 0.05) is 5.69 Å². The number of ether oxygens (including phenoxy) is 2. The third-order valence-corrected chi connectivity index (χ3v) is 5.21. The first-order chi connectivity index (χ1) is 19.4. The molecule has 6 N–H and O–H groups in total. The molecule has 15 heteroatoms. The first kappa shape index (κ1) is 30.2. The summed E-state index contributed by atoms with van der Waals surface area (Å²) in [7, 11) is 0. The Hall–Kier alpha value is -5.34. The molecule has 0 aliphatic carbocycles. The van der Waals surface area contributed by atoms with E-state index in [1.54, 1.807) is 0 Å². The lowest BCUT2D eigenvalue weighted by Crippen LogP contribution is -2.29. The van der Waals surface area contributed by atoms with Gasteiger partial charge < -0.3 is 30.9 Å². The Kier molecular flexibility index (Phi) is 9.68. The van der Waals surface area contributed by atoms with E-state index in [-0.39, 0.29) is 59.5 Å². The highest BCUT2D eigenvalue weighted by Gasteiger charge is 2.32. The number of anilines is 1. The molecule has 0 aliphatic rings. The third-order valence-electron chi connectivity index (χ3n) is 5.21. The van der Waals surface area contributed by atoms with Crippen LogP contribution in [0.4, 0.5) is 33.7 Å². The van der Waals surface area contributed by atoms with E-state index in [9.17, 15) is 31.9 Å². The number of aliphatic imine (C=N–C) groups is 1. The van der Waals surface area contributed by atoms with Crippen LogP contribution in [-0.2, 0) is 11.0 Å². The van der Waals surface area contributed by atoms with Crippen molar-refractivity contribution in [1.82, 2.24) is 10.6 Å². The zero-order valence-electron chi connectivity index (χ0n) is 21.2. The van der Waals surface area contributed by atoms with Gasteiger partial charge in [0.05, 0.1) is 17.7 Å². The van der Waals surface area contributed by atoms with E-state index >= 15 is 0 Å². The summed E-state index contributed by atoms with van der Waals surface area (Å²) in [5.74, 6) is -2.06. The van der Waals surface area contributed by atoms with Crippen molar-refractivity contribution in [2.24, 2.45) is 10.7 Å². The van der Waals surface area contributed by atoms with Crippen LogP contribution in [0, 0.1) is 12.7 Å². The molecule has 0 fully saturated rings.